The van der Waals surface area contributed by atoms with Gasteiger partial charge >= 0.3 is 5.97 Å². The zero-order valence-electron chi connectivity index (χ0n) is 9.64. The highest BCUT2D eigenvalue weighted by Crippen LogP contribution is 2.12. The molecule has 15 heavy (non-hydrogen) atoms. The first-order chi connectivity index (χ1) is 7.06. The lowest BCUT2D eigenvalue weighted by atomic mass is 10.1. The number of hydrogen-bond acceptors (Lipinski definition) is 4. The Balaban J connectivity index is 2.62. The van der Waals surface area contributed by atoms with Crippen molar-refractivity contribution >= 4 is 5.97 Å². The van der Waals surface area contributed by atoms with Crippen LogP contribution in [0.3, 0.4) is 0 Å². The quantitative estimate of drug-likeness (QED) is 0.700. The molecule has 1 rings (SSSR count). The highest BCUT2D eigenvalue weighted by atomic mass is 16.5. The Hall–Kier alpha value is -0.650. The molecule has 0 radical (unpaired) electrons. The topological polar surface area (TPSA) is 53.0 Å². The number of aliphatic carboxylic acids is 1. The molecule has 1 heterocycles. The van der Waals surface area contributed by atoms with Gasteiger partial charge in [-0.1, -0.05) is 0 Å². The van der Waals surface area contributed by atoms with Crippen LogP contribution in [-0.2, 0) is 9.53 Å². The molecular weight excluding hydrogens is 196 g/mol. The largest absolute Gasteiger partial charge is 0.480 e. The number of carboxylic acids is 1. The molecule has 5 heteroatoms. The van der Waals surface area contributed by atoms with Crippen molar-refractivity contribution in [3.05, 3.63) is 0 Å². The van der Waals surface area contributed by atoms with E-state index in [1.54, 1.807) is 0 Å². The Morgan fingerprint density at radius 3 is 2.73 bits per heavy atom. The van der Waals surface area contributed by atoms with E-state index in [1.165, 1.54) is 7.11 Å². The van der Waals surface area contributed by atoms with Gasteiger partial charge in [-0.2, -0.15) is 0 Å². The van der Waals surface area contributed by atoms with E-state index in [1.807, 2.05) is 4.90 Å². The Morgan fingerprint density at radius 2 is 2.27 bits per heavy atom. The highest BCUT2D eigenvalue weighted by Gasteiger charge is 2.32. The lowest BCUT2D eigenvalue weighted by Crippen LogP contribution is -2.57. The van der Waals surface area contributed by atoms with E-state index in [4.69, 9.17) is 9.84 Å². The van der Waals surface area contributed by atoms with Crippen molar-refractivity contribution in [3.63, 3.8) is 0 Å². The molecule has 1 fully saturated rings. The highest BCUT2D eigenvalue weighted by molar-refractivity contribution is 5.73. The number of carbonyl (C=O) groups is 1. The van der Waals surface area contributed by atoms with Gasteiger partial charge in [-0.15, -0.1) is 0 Å². The maximum Gasteiger partial charge on any atom is 0.323 e. The maximum absolute atomic E-state index is 11.1. The molecule has 0 aromatic heterocycles. The average molecular weight is 216 g/mol. The molecule has 2 atom stereocenters. The van der Waals surface area contributed by atoms with Gasteiger partial charge in [-0.25, -0.2) is 0 Å². The molecule has 88 valence electrons. The minimum absolute atomic E-state index is 0.253. The molecule has 1 saturated heterocycles. The number of hydrogen-bond donors (Lipinski definition) is 1. The Bertz CT molecular complexity index is 223. The Kier molecular flexibility index (Phi) is 4.50. The summed E-state index contributed by atoms with van der Waals surface area (Å²) >= 11 is 0. The fourth-order valence-electron chi connectivity index (χ4n) is 2.08. The first-order valence-corrected chi connectivity index (χ1v) is 5.22. The molecule has 0 spiro atoms. The van der Waals surface area contributed by atoms with Gasteiger partial charge < -0.3 is 14.7 Å². The third kappa shape index (κ3) is 3.15. The van der Waals surface area contributed by atoms with Gasteiger partial charge in [-0.3, -0.25) is 9.69 Å². The number of likely N-dealkylation sites (N-methyl/N-ethyl adjacent to an activating group) is 1. The standard InChI is InChI=1S/C10H20N2O3/c1-8-6-11(2)4-5-12(8)9(7-15-3)10(13)14/h8-9H,4-7H2,1-3H3,(H,13,14)/t8-,9?/m1/s1. The SMILES string of the molecule is COCC(C(=O)O)N1CCN(C)C[C@H]1C. The smallest absolute Gasteiger partial charge is 0.323 e. The summed E-state index contributed by atoms with van der Waals surface area (Å²) in [4.78, 5) is 15.3. The number of carboxylic acid groups (broad SMARTS) is 1. The van der Waals surface area contributed by atoms with E-state index >= 15 is 0 Å². The van der Waals surface area contributed by atoms with E-state index in [2.05, 4.69) is 18.9 Å². The second-order valence-electron chi connectivity index (χ2n) is 4.16. The van der Waals surface area contributed by atoms with E-state index in [0.717, 1.165) is 19.6 Å². The number of ether oxygens (including phenoxy) is 1. The van der Waals surface area contributed by atoms with Gasteiger partial charge in [0.1, 0.15) is 6.04 Å². The van der Waals surface area contributed by atoms with Crippen molar-refractivity contribution in [2.24, 2.45) is 0 Å². The predicted molar refractivity (Wildman–Crippen MR) is 57.0 cm³/mol. The van der Waals surface area contributed by atoms with Gasteiger partial charge in [0.25, 0.3) is 0 Å². The van der Waals surface area contributed by atoms with Crippen molar-refractivity contribution in [2.45, 2.75) is 19.0 Å². The maximum atomic E-state index is 11.1. The van der Waals surface area contributed by atoms with Gasteiger partial charge in [-0.05, 0) is 14.0 Å². The zero-order chi connectivity index (χ0) is 11.4. The Labute approximate surface area is 90.6 Å². The fourth-order valence-corrected chi connectivity index (χ4v) is 2.08. The van der Waals surface area contributed by atoms with Crippen molar-refractivity contribution in [1.82, 2.24) is 9.80 Å². The van der Waals surface area contributed by atoms with E-state index in [9.17, 15) is 4.79 Å². The number of methoxy groups -OCH3 is 1. The van der Waals surface area contributed by atoms with Crippen LogP contribution in [0.15, 0.2) is 0 Å². The average Bonchev–Trinajstić information content (AvgIpc) is 2.15. The molecule has 1 aliphatic heterocycles. The first kappa shape index (κ1) is 12.4. The molecule has 5 nitrogen and oxygen atoms in total. The molecular formula is C10H20N2O3. The third-order valence-corrected chi connectivity index (χ3v) is 2.89. The van der Waals surface area contributed by atoms with E-state index in [0.29, 0.717) is 0 Å². The first-order valence-electron chi connectivity index (χ1n) is 5.22. The molecule has 1 aliphatic rings. The molecule has 0 aliphatic carbocycles. The molecule has 1 unspecified atom stereocenters. The van der Waals surface area contributed by atoms with Crippen LogP contribution < -0.4 is 0 Å². The minimum Gasteiger partial charge on any atom is -0.480 e. The summed E-state index contributed by atoms with van der Waals surface area (Å²) in [7, 11) is 3.59. The number of nitrogens with zero attached hydrogens (tertiary/aromatic N) is 2. The molecule has 0 aromatic carbocycles. The van der Waals surface area contributed by atoms with Crippen molar-refractivity contribution in [3.8, 4) is 0 Å². The van der Waals surface area contributed by atoms with Crippen LogP contribution in [-0.4, -0.2) is 73.4 Å². The van der Waals surface area contributed by atoms with Crippen LogP contribution in [0.2, 0.25) is 0 Å². The van der Waals surface area contributed by atoms with Crippen LogP contribution >= 0.6 is 0 Å². The predicted octanol–water partition coefficient (Wildman–Crippen LogP) is -0.278. The van der Waals surface area contributed by atoms with Crippen molar-refractivity contribution in [2.75, 3.05) is 40.4 Å². The van der Waals surface area contributed by atoms with Crippen LogP contribution in [0.5, 0.6) is 0 Å². The van der Waals surface area contributed by atoms with Crippen LogP contribution in [0.4, 0.5) is 0 Å². The van der Waals surface area contributed by atoms with E-state index in [-0.39, 0.29) is 12.6 Å². The summed E-state index contributed by atoms with van der Waals surface area (Å²) in [5.74, 6) is -0.798. The summed E-state index contributed by atoms with van der Waals surface area (Å²) in [6.45, 7) is 4.92. The monoisotopic (exact) mass is 216 g/mol. The minimum atomic E-state index is -0.798. The molecule has 0 bridgehead atoms. The van der Waals surface area contributed by atoms with Crippen LogP contribution in [0.25, 0.3) is 0 Å². The normalized spacial score (nSPS) is 26.5. The number of piperazine rings is 1. The van der Waals surface area contributed by atoms with Gasteiger partial charge in [0.2, 0.25) is 0 Å². The molecule has 1 N–H and O–H groups in total. The Morgan fingerprint density at radius 1 is 1.60 bits per heavy atom. The third-order valence-electron chi connectivity index (χ3n) is 2.89. The molecule has 0 saturated carbocycles. The lowest BCUT2D eigenvalue weighted by Gasteiger charge is -2.41. The zero-order valence-corrected chi connectivity index (χ0v) is 9.64. The van der Waals surface area contributed by atoms with Crippen molar-refractivity contribution < 1.29 is 14.6 Å². The fraction of sp³-hybridized carbons (Fsp3) is 0.900. The van der Waals surface area contributed by atoms with Gasteiger partial charge in [0.05, 0.1) is 6.61 Å². The van der Waals surface area contributed by atoms with Gasteiger partial charge in [0, 0.05) is 32.8 Å². The second kappa shape index (κ2) is 5.44. The summed E-state index contributed by atoms with van der Waals surface area (Å²) in [5, 5.41) is 9.11. The number of rotatable bonds is 4. The second-order valence-corrected chi connectivity index (χ2v) is 4.16. The van der Waals surface area contributed by atoms with Gasteiger partial charge in [0.15, 0.2) is 0 Å². The lowest BCUT2D eigenvalue weighted by molar-refractivity contribution is -0.147. The molecule has 0 amide bonds. The summed E-state index contributed by atoms with van der Waals surface area (Å²) in [5.41, 5.74) is 0. The van der Waals surface area contributed by atoms with E-state index < -0.39 is 12.0 Å². The summed E-state index contributed by atoms with van der Waals surface area (Å²) < 4.78 is 4.96. The molecule has 0 aromatic rings. The summed E-state index contributed by atoms with van der Waals surface area (Å²) in [6, 6.07) is -0.251. The summed E-state index contributed by atoms with van der Waals surface area (Å²) in [6.07, 6.45) is 0. The van der Waals surface area contributed by atoms with Crippen LogP contribution in [0.1, 0.15) is 6.92 Å². The van der Waals surface area contributed by atoms with Crippen molar-refractivity contribution in [1.29, 1.82) is 0 Å². The van der Waals surface area contributed by atoms with Crippen LogP contribution in [0, 0.1) is 0 Å².